The molecule has 1 aliphatic heterocycles. The number of hydrogen-bond acceptors (Lipinski definition) is 6. The van der Waals surface area contributed by atoms with Gasteiger partial charge in [0.1, 0.15) is 15.6 Å². The van der Waals surface area contributed by atoms with Gasteiger partial charge in [-0.3, -0.25) is 9.59 Å². The minimum absolute atomic E-state index is 0.0284. The number of thiophene rings is 1. The Bertz CT molecular complexity index is 1120. The lowest BCUT2D eigenvalue weighted by atomic mass is 10.1. The Morgan fingerprint density at radius 1 is 1.12 bits per heavy atom. The smallest absolute Gasteiger partial charge is 0.256 e. The van der Waals surface area contributed by atoms with Gasteiger partial charge in [0, 0.05) is 24.2 Å². The van der Waals surface area contributed by atoms with Crippen LogP contribution in [0.4, 0.5) is 5.00 Å². The number of carbonyl (C=O) groups excluding carboxylic acids is 2. The molecule has 1 unspecified atom stereocenters. The van der Waals surface area contributed by atoms with Gasteiger partial charge in [-0.05, 0) is 62.3 Å². The number of hydrogen-bond donors (Lipinski definition) is 2. The summed E-state index contributed by atoms with van der Waals surface area (Å²) in [7, 11) is -2.43. The fourth-order valence-corrected chi connectivity index (χ4v) is 6.49. The fraction of sp³-hybridized carbons (Fsp3) is 0.455. The molecule has 2 amide bonds. The number of piperidine rings is 1. The number of methoxy groups -OCH3 is 1. The average Bonchev–Trinajstić information content (AvgIpc) is 3.47. The first-order valence-electron chi connectivity index (χ1n) is 10.7. The number of rotatable bonds is 7. The van der Waals surface area contributed by atoms with E-state index in [0.29, 0.717) is 17.1 Å². The highest BCUT2D eigenvalue weighted by Gasteiger charge is 2.34. The van der Waals surface area contributed by atoms with E-state index in [1.54, 1.807) is 11.4 Å². The quantitative estimate of drug-likeness (QED) is 0.635. The van der Waals surface area contributed by atoms with Crippen molar-refractivity contribution in [1.29, 1.82) is 0 Å². The van der Waals surface area contributed by atoms with Gasteiger partial charge in [0.25, 0.3) is 11.8 Å². The molecule has 2 N–H and O–H groups in total. The van der Waals surface area contributed by atoms with Crippen molar-refractivity contribution >= 4 is 38.2 Å². The minimum atomic E-state index is -3.83. The SMILES string of the molecule is COc1ccc(C(=O)Nc2sccc2C(=O)NC2CC2)cc1S(=O)(=O)N1CCCCC1C. The third kappa shape index (κ3) is 4.67. The number of carbonyl (C=O) groups is 2. The number of sulfonamides is 1. The second-order valence-electron chi connectivity index (χ2n) is 8.19. The summed E-state index contributed by atoms with van der Waals surface area (Å²) in [6, 6.07) is 6.12. The van der Waals surface area contributed by atoms with Crippen LogP contribution in [0.2, 0.25) is 0 Å². The maximum Gasteiger partial charge on any atom is 0.256 e. The predicted molar refractivity (Wildman–Crippen MR) is 123 cm³/mol. The molecule has 8 nitrogen and oxygen atoms in total. The Hall–Kier alpha value is -2.43. The molecule has 0 spiro atoms. The van der Waals surface area contributed by atoms with E-state index in [-0.39, 0.29) is 34.2 Å². The molecule has 1 aromatic carbocycles. The van der Waals surface area contributed by atoms with Crippen molar-refractivity contribution in [3.8, 4) is 5.75 Å². The molecule has 10 heteroatoms. The van der Waals surface area contributed by atoms with Crippen LogP contribution >= 0.6 is 11.3 Å². The van der Waals surface area contributed by atoms with Gasteiger partial charge in [0.15, 0.2) is 0 Å². The maximum atomic E-state index is 13.4. The molecule has 1 atom stereocenters. The number of nitrogens with one attached hydrogen (secondary N) is 2. The normalized spacial score (nSPS) is 19.4. The van der Waals surface area contributed by atoms with E-state index in [0.717, 1.165) is 32.1 Å². The van der Waals surface area contributed by atoms with Crippen molar-refractivity contribution in [2.75, 3.05) is 19.0 Å². The van der Waals surface area contributed by atoms with Crippen LogP contribution in [0.15, 0.2) is 34.5 Å². The van der Waals surface area contributed by atoms with Gasteiger partial charge in [-0.1, -0.05) is 6.42 Å². The van der Waals surface area contributed by atoms with E-state index in [4.69, 9.17) is 4.74 Å². The van der Waals surface area contributed by atoms with Crippen LogP contribution in [0, 0.1) is 0 Å². The summed E-state index contributed by atoms with van der Waals surface area (Å²) in [4.78, 5) is 25.3. The zero-order valence-electron chi connectivity index (χ0n) is 18.1. The van der Waals surface area contributed by atoms with Crippen LogP contribution in [0.3, 0.4) is 0 Å². The second-order valence-corrected chi connectivity index (χ2v) is 11.0. The third-order valence-corrected chi connectivity index (χ3v) is 8.67. The van der Waals surface area contributed by atoms with Crippen molar-refractivity contribution in [3.05, 3.63) is 40.8 Å². The Morgan fingerprint density at radius 2 is 1.91 bits per heavy atom. The van der Waals surface area contributed by atoms with Crippen LogP contribution in [0.25, 0.3) is 0 Å². The number of nitrogens with zero attached hydrogens (tertiary/aromatic N) is 1. The molecule has 2 fully saturated rings. The van der Waals surface area contributed by atoms with E-state index in [1.807, 2.05) is 6.92 Å². The highest BCUT2D eigenvalue weighted by atomic mass is 32.2. The lowest BCUT2D eigenvalue weighted by Crippen LogP contribution is -2.42. The fourth-order valence-electron chi connectivity index (χ4n) is 3.83. The van der Waals surface area contributed by atoms with Crippen LogP contribution in [0.1, 0.15) is 59.7 Å². The topological polar surface area (TPSA) is 105 Å². The molecule has 2 heterocycles. The van der Waals surface area contributed by atoms with Gasteiger partial charge in [-0.2, -0.15) is 4.31 Å². The van der Waals surface area contributed by atoms with E-state index >= 15 is 0 Å². The van der Waals surface area contributed by atoms with E-state index in [2.05, 4.69) is 10.6 Å². The first kappa shape index (κ1) is 22.8. The van der Waals surface area contributed by atoms with Crippen molar-refractivity contribution in [1.82, 2.24) is 9.62 Å². The zero-order valence-corrected chi connectivity index (χ0v) is 19.7. The van der Waals surface area contributed by atoms with Crippen molar-refractivity contribution in [2.45, 2.75) is 56.0 Å². The summed E-state index contributed by atoms with van der Waals surface area (Å²) < 4.78 is 33.6. The van der Waals surface area contributed by atoms with E-state index in [1.165, 1.54) is 41.0 Å². The summed E-state index contributed by atoms with van der Waals surface area (Å²) in [5.41, 5.74) is 0.578. The van der Waals surface area contributed by atoms with Crippen molar-refractivity contribution in [2.24, 2.45) is 0 Å². The van der Waals surface area contributed by atoms with Gasteiger partial charge < -0.3 is 15.4 Å². The van der Waals surface area contributed by atoms with Gasteiger partial charge in [0.05, 0.1) is 12.7 Å². The highest BCUT2D eigenvalue weighted by Crippen LogP contribution is 2.32. The van der Waals surface area contributed by atoms with E-state index < -0.39 is 15.9 Å². The number of ether oxygens (including phenoxy) is 1. The lowest BCUT2D eigenvalue weighted by molar-refractivity contribution is 0.0952. The molecule has 2 aliphatic rings. The average molecular weight is 478 g/mol. The van der Waals surface area contributed by atoms with Gasteiger partial charge >= 0.3 is 0 Å². The van der Waals surface area contributed by atoms with E-state index in [9.17, 15) is 18.0 Å². The molecule has 32 heavy (non-hydrogen) atoms. The van der Waals surface area contributed by atoms with Crippen LogP contribution in [-0.2, 0) is 10.0 Å². The summed E-state index contributed by atoms with van der Waals surface area (Å²) >= 11 is 1.24. The third-order valence-electron chi connectivity index (χ3n) is 5.80. The number of anilines is 1. The molecule has 2 aromatic rings. The Labute approximate surface area is 192 Å². The molecule has 1 aromatic heterocycles. The van der Waals surface area contributed by atoms with Crippen molar-refractivity contribution in [3.63, 3.8) is 0 Å². The number of amides is 2. The van der Waals surface area contributed by atoms with Gasteiger partial charge in [-0.25, -0.2) is 8.42 Å². The molecule has 4 rings (SSSR count). The van der Waals surface area contributed by atoms with Crippen LogP contribution in [-0.4, -0.2) is 50.3 Å². The standard InChI is InChI=1S/C22H27N3O5S2/c1-14-5-3-4-11-25(14)32(28,29)19-13-15(6-9-18(19)30-2)20(26)24-22-17(10-12-31-22)21(27)23-16-7-8-16/h6,9-10,12-14,16H,3-5,7-8,11H2,1-2H3,(H,23,27)(H,24,26). The zero-order chi connectivity index (χ0) is 22.9. The first-order chi connectivity index (χ1) is 15.3. The molecule has 1 saturated carbocycles. The largest absolute Gasteiger partial charge is 0.495 e. The van der Waals surface area contributed by atoms with Gasteiger partial charge in [-0.15, -0.1) is 11.3 Å². The Morgan fingerprint density at radius 3 is 2.59 bits per heavy atom. The highest BCUT2D eigenvalue weighted by molar-refractivity contribution is 7.89. The van der Waals surface area contributed by atoms with Gasteiger partial charge in [0.2, 0.25) is 10.0 Å². The molecule has 0 radical (unpaired) electrons. The maximum absolute atomic E-state index is 13.4. The summed E-state index contributed by atoms with van der Waals surface area (Å²) in [5.74, 6) is -0.514. The predicted octanol–water partition coefficient (Wildman–Crippen LogP) is 3.46. The molecular weight excluding hydrogens is 450 g/mol. The summed E-state index contributed by atoms with van der Waals surface area (Å²) in [6.45, 7) is 2.34. The molecular formula is C22H27N3O5S2. The summed E-state index contributed by atoms with van der Waals surface area (Å²) in [6.07, 6.45) is 4.53. The molecule has 172 valence electrons. The number of benzene rings is 1. The lowest BCUT2D eigenvalue weighted by Gasteiger charge is -2.32. The van der Waals surface area contributed by atoms with Crippen LogP contribution in [0.5, 0.6) is 5.75 Å². The van der Waals surface area contributed by atoms with Crippen LogP contribution < -0.4 is 15.4 Å². The minimum Gasteiger partial charge on any atom is -0.495 e. The molecule has 1 aliphatic carbocycles. The summed E-state index contributed by atoms with van der Waals surface area (Å²) in [5, 5.41) is 7.83. The molecule has 1 saturated heterocycles. The molecule has 0 bridgehead atoms. The Balaban J connectivity index is 1.59. The monoisotopic (exact) mass is 477 g/mol. The Kier molecular flexibility index (Phi) is 6.55. The van der Waals surface area contributed by atoms with Crippen molar-refractivity contribution < 1.29 is 22.7 Å². The second kappa shape index (κ2) is 9.21. The first-order valence-corrected chi connectivity index (χ1v) is 13.0.